The molecule has 4 heteroatoms. The van der Waals surface area contributed by atoms with E-state index in [0.29, 0.717) is 6.04 Å². The molecule has 0 atom stereocenters. The standard InChI is InChI=1S/C16H25NO3/c1-12(2)17-11-13-10-15(18-3)4-5-16(13)20-14-6-8-19-9-7-14/h4-5,10,12,14,17H,6-9,11H2,1-3H3. The zero-order valence-electron chi connectivity index (χ0n) is 12.6. The third-order valence-corrected chi connectivity index (χ3v) is 3.43. The number of methoxy groups -OCH3 is 1. The van der Waals surface area contributed by atoms with Crippen molar-refractivity contribution < 1.29 is 14.2 Å². The molecule has 112 valence electrons. The van der Waals surface area contributed by atoms with E-state index in [1.807, 2.05) is 18.2 Å². The van der Waals surface area contributed by atoms with Gasteiger partial charge in [0.2, 0.25) is 0 Å². The molecule has 4 nitrogen and oxygen atoms in total. The molecule has 1 heterocycles. The molecule has 0 amide bonds. The summed E-state index contributed by atoms with van der Waals surface area (Å²) < 4.78 is 16.8. The van der Waals surface area contributed by atoms with Gasteiger partial charge in [-0.1, -0.05) is 13.8 Å². The number of hydrogen-bond acceptors (Lipinski definition) is 4. The van der Waals surface area contributed by atoms with Crippen LogP contribution < -0.4 is 14.8 Å². The lowest BCUT2D eigenvalue weighted by Crippen LogP contribution is -2.27. The Morgan fingerprint density at radius 1 is 1.30 bits per heavy atom. The Bertz CT molecular complexity index is 414. The molecular formula is C16H25NO3. The molecule has 1 aliphatic heterocycles. The molecule has 1 aromatic carbocycles. The minimum Gasteiger partial charge on any atom is -0.497 e. The summed E-state index contributed by atoms with van der Waals surface area (Å²) in [5.74, 6) is 1.82. The lowest BCUT2D eigenvalue weighted by atomic mass is 10.1. The number of nitrogens with one attached hydrogen (secondary N) is 1. The van der Waals surface area contributed by atoms with Crippen molar-refractivity contribution in [2.75, 3.05) is 20.3 Å². The molecule has 1 aromatic rings. The summed E-state index contributed by atoms with van der Waals surface area (Å²) in [7, 11) is 1.69. The Morgan fingerprint density at radius 3 is 2.70 bits per heavy atom. The van der Waals surface area contributed by atoms with Crippen LogP contribution in [0.4, 0.5) is 0 Å². The number of hydrogen-bond donors (Lipinski definition) is 1. The van der Waals surface area contributed by atoms with Gasteiger partial charge in [0.15, 0.2) is 0 Å². The topological polar surface area (TPSA) is 39.7 Å². The van der Waals surface area contributed by atoms with Gasteiger partial charge >= 0.3 is 0 Å². The molecule has 20 heavy (non-hydrogen) atoms. The summed E-state index contributed by atoms with van der Waals surface area (Å²) in [6, 6.07) is 6.44. The Balaban J connectivity index is 2.08. The van der Waals surface area contributed by atoms with Crippen LogP contribution in [0.25, 0.3) is 0 Å². The van der Waals surface area contributed by atoms with Crippen molar-refractivity contribution in [2.45, 2.75) is 45.4 Å². The third kappa shape index (κ3) is 4.39. The van der Waals surface area contributed by atoms with Crippen molar-refractivity contribution in [1.82, 2.24) is 5.32 Å². The minimum absolute atomic E-state index is 0.259. The second-order valence-corrected chi connectivity index (χ2v) is 5.44. The van der Waals surface area contributed by atoms with Crippen molar-refractivity contribution in [3.05, 3.63) is 23.8 Å². The van der Waals surface area contributed by atoms with E-state index in [2.05, 4.69) is 19.2 Å². The highest BCUT2D eigenvalue weighted by molar-refractivity contribution is 5.40. The quantitative estimate of drug-likeness (QED) is 0.869. The monoisotopic (exact) mass is 279 g/mol. The SMILES string of the molecule is COc1ccc(OC2CCOCC2)c(CNC(C)C)c1. The van der Waals surface area contributed by atoms with Crippen molar-refractivity contribution in [2.24, 2.45) is 0 Å². The third-order valence-electron chi connectivity index (χ3n) is 3.43. The molecular weight excluding hydrogens is 254 g/mol. The average molecular weight is 279 g/mol. The summed E-state index contributed by atoms with van der Waals surface area (Å²) in [5, 5.41) is 3.43. The Morgan fingerprint density at radius 2 is 2.05 bits per heavy atom. The molecule has 2 rings (SSSR count). The first-order valence-corrected chi connectivity index (χ1v) is 7.33. The van der Waals surface area contributed by atoms with Crippen molar-refractivity contribution in [3.63, 3.8) is 0 Å². The van der Waals surface area contributed by atoms with Crippen molar-refractivity contribution in [3.8, 4) is 11.5 Å². The smallest absolute Gasteiger partial charge is 0.124 e. The van der Waals surface area contributed by atoms with E-state index in [-0.39, 0.29) is 6.10 Å². The van der Waals surface area contributed by atoms with Crippen LogP contribution in [0.2, 0.25) is 0 Å². The first-order valence-electron chi connectivity index (χ1n) is 7.33. The molecule has 0 aromatic heterocycles. The highest BCUT2D eigenvalue weighted by atomic mass is 16.5. The highest BCUT2D eigenvalue weighted by Crippen LogP contribution is 2.27. The van der Waals surface area contributed by atoms with Crippen molar-refractivity contribution >= 4 is 0 Å². The van der Waals surface area contributed by atoms with Gasteiger partial charge in [-0.2, -0.15) is 0 Å². The lowest BCUT2D eigenvalue weighted by molar-refractivity contribution is 0.0251. The lowest BCUT2D eigenvalue weighted by Gasteiger charge is -2.25. The maximum absolute atomic E-state index is 6.14. The fourth-order valence-corrected chi connectivity index (χ4v) is 2.22. The molecule has 1 aliphatic rings. The van der Waals surface area contributed by atoms with Gasteiger partial charge in [-0.25, -0.2) is 0 Å². The summed E-state index contributed by atoms with van der Waals surface area (Å²) in [6.45, 7) is 6.65. The predicted octanol–water partition coefficient (Wildman–Crippen LogP) is 2.75. The molecule has 0 spiro atoms. The van der Waals surface area contributed by atoms with Gasteiger partial charge in [0, 0.05) is 31.0 Å². The highest BCUT2D eigenvalue weighted by Gasteiger charge is 2.17. The number of benzene rings is 1. The van der Waals surface area contributed by atoms with Gasteiger partial charge < -0.3 is 19.5 Å². The zero-order chi connectivity index (χ0) is 14.4. The van der Waals surface area contributed by atoms with E-state index in [9.17, 15) is 0 Å². The second kappa shape index (κ2) is 7.50. The van der Waals surface area contributed by atoms with Gasteiger partial charge in [-0.05, 0) is 18.2 Å². The van der Waals surface area contributed by atoms with E-state index in [4.69, 9.17) is 14.2 Å². The molecule has 0 bridgehead atoms. The Kier molecular flexibility index (Phi) is 5.68. The Hall–Kier alpha value is -1.26. The second-order valence-electron chi connectivity index (χ2n) is 5.44. The van der Waals surface area contributed by atoms with Crippen LogP contribution in [0.5, 0.6) is 11.5 Å². The van der Waals surface area contributed by atoms with Crippen LogP contribution in [0.1, 0.15) is 32.3 Å². The summed E-state index contributed by atoms with van der Waals surface area (Å²) in [6.07, 6.45) is 2.18. The first-order chi connectivity index (χ1) is 9.69. The summed E-state index contributed by atoms with van der Waals surface area (Å²) in [5.41, 5.74) is 1.14. The van der Waals surface area contributed by atoms with Crippen molar-refractivity contribution in [1.29, 1.82) is 0 Å². The first kappa shape index (κ1) is 15.1. The normalized spacial score (nSPS) is 16.4. The maximum atomic E-state index is 6.14. The summed E-state index contributed by atoms with van der Waals surface area (Å²) >= 11 is 0. The van der Waals surface area contributed by atoms with Crippen LogP contribution in [0, 0.1) is 0 Å². The fraction of sp³-hybridized carbons (Fsp3) is 0.625. The number of ether oxygens (including phenoxy) is 3. The molecule has 1 saturated heterocycles. The average Bonchev–Trinajstić information content (AvgIpc) is 2.47. The van der Waals surface area contributed by atoms with E-state index in [1.54, 1.807) is 7.11 Å². The number of rotatable bonds is 6. The molecule has 0 unspecified atom stereocenters. The van der Waals surface area contributed by atoms with E-state index >= 15 is 0 Å². The fourth-order valence-electron chi connectivity index (χ4n) is 2.22. The maximum Gasteiger partial charge on any atom is 0.124 e. The molecule has 0 aliphatic carbocycles. The predicted molar refractivity (Wildman–Crippen MR) is 79.4 cm³/mol. The largest absolute Gasteiger partial charge is 0.497 e. The molecule has 0 saturated carbocycles. The molecule has 1 fully saturated rings. The van der Waals surface area contributed by atoms with Gasteiger partial charge in [-0.15, -0.1) is 0 Å². The minimum atomic E-state index is 0.259. The van der Waals surface area contributed by atoms with E-state index < -0.39 is 0 Å². The molecule has 0 radical (unpaired) electrons. The van der Waals surface area contributed by atoms with Crippen LogP contribution in [-0.4, -0.2) is 32.5 Å². The van der Waals surface area contributed by atoms with E-state index in [1.165, 1.54) is 0 Å². The van der Waals surface area contributed by atoms with Gasteiger partial charge in [-0.3, -0.25) is 0 Å². The molecule has 1 N–H and O–H groups in total. The van der Waals surface area contributed by atoms with Crippen LogP contribution >= 0.6 is 0 Å². The summed E-state index contributed by atoms with van der Waals surface area (Å²) in [4.78, 5) is 0. The van der Waals surface area contributed by atoms with Crippen LogP contribution in [0.3, 0.4) is 0 Å². The Labute approximate surface area is 121 Å². The van der Waals surface area contributed by atoms with Gasteiger partial charge in [0.1, 0.15) is 17.6 Å². The van der Waals surface area contributed by atoms with Crippen LogP contribution in [0.15, 0.2) is 18.2 Å². The van der Waals surface area contributed by atoms with Gasteiger partial charge in [0.05, 0.1) is 20.3 Å². The van der Waals surface area contributed by atoms with Crippen LogP contribution in [-0.2, 0) is 11.3 Å². The zero-order valence-corrected chi connectivity index (χ0v) is 12.6. The van der Waals surface area contributed by atoms with Gasteiger partial charge in [0.25, 0.3) is 0 Å². The van der Waals surface area contributed by atoms with E-state index in [0.717, 1.165) is 49.7 Å².